The molecule has 0 aliphatic heterocycles. The van der Waals surface area contributed by atoms with E-state index in [0.717, 1.165) is 32.1 Å². The molecule has 0 unspecified atom stereocenters. The number of nitrogens with zero attached hydrogens (tertiary/aromatic N) is 1. The van der Waals surface area contributed by atoms with Crippen LogP contribution in [0.4, 0.5) is 0 Å². The van der Waals surface area contributed by atoms with Gasteiger partial charge in [0, 0.05) is 20.1 Å². The molecule has 0 spiro atoms. The molecule has 3 N–H and O–H groups in total. The summed E-state index contributed by atoms with van der Waals surface area (Å²) in [6.07, 6.45) is 5.22. The SMILES string of the molecule is CCS(=O)(=O)N(C)CCCNC(=O)C1(N)CCCCC1. The molecule has 1 saturated carbocycles. The number of nitrogens with two attached hydrogens (primary N) is 1. The molecule has 118 valence electrons. The Bertz CT molecular complexity index is 417. The van der Waals surface area contributed by atoms with Gasteiger partial charge >= 0.3 is 0 Å². The Morgan fingerprint density at radius 2 is 1.90 bits per heavy atom. The number of hydrogen-bond acceptors (Lipinski definition) is 4. The summed E-state index contributed by atoms with van der Waals surface area (Å²) in [6, 6.07) is 0. The Labute approximate surface area is 122 Å². The first-order valence-electron chi connectivity index (χ1n) is 7.33. The minimum Gasteiger partial charge on any atom is -0.354 e. The summed E-state index contributed by atoms with van der Waals surface area (Å²) in [4.78, 5) is 12.0. The van der Waals surface area contributed by atoms with Gasteiger partial charge in [-0.3, -0.25) is 4.79 Å². The van der Waals surface area contributed by atoms with Crippen molar-refractivity contribution in [3.8, 4) is 0 Å². The first-order chi connectivity index (χ1) is 9.32. The van der Waals surface area contributed by atoms with Gasteiger partial charge in [-0.2, -0.15) is 0 Å². The molecule has 7 heteroatoms. The number of carbonyl (C=O) groups is 1. The highest BCUT2D eigenvalue weighted by Crippen LogP contribution is 2.25. The van der Waals surface area contributed by atoms with E-state index < -0.39 is 15.6 Å². The Balaban J connectivity index is 2.29. The van der Waals surface area contributed by atoms with Gasteiger partial charge in [0.25, 0.3) is 0 Å². The summed E-state index contributed by atoms with van der Waals surface area (Å²) in [5, 5.41) is 2.83. The van der Waals surface area contributed by atoms with Gasteiger partial charge in [0.1, 0.15) is 0 Å². The van der Waals surface area contributed by atoms with Gasteiger partial charge in [-0.15, -0.1) is 0 Å². The van der Waals surface area contributed by atoms with E-state index in [9.17, 15) is 13.2 Å². The van der Waals surface area contributed by atoms with Gasteiger partial charge in [-0.1, -0.05) is 19.3 Å². The summed E-state index contributed by atoms with van der Waals surface area (Å²) in [7, 11) is -1.57. The Kier molecular flexibility index (Phi) is 6.42. The van der Waals surface area contributed by atoms with Crippen molar-refractivity contribution in [1.29, 1.82) is 0 Å². The molecule has 6 nitrogen and oxygen atoms in total. The zero-order valence-electron chi connectivity index (χ0n) is 12.5. The number of sulfonamides is 1. The van der Waals surface area contributed by atoms with Gasteiger partial charge in [0.15, 0.2) is 0 Å². The number of hydrogen-bond donors (Lipinski definition) is 2. The van der Waals surface area contributed by atoms with E-state index in [1.807, 2.05) is 0 Å². The van der Waals surface area contributed by atoms with E-state index in [0.29, 0.717) is 19.5 Å². The highest BCUT2D eigenvalue weighted by Gasteiger charge is 2.34. The first kappa shape index (κ1) is 17.4. The second-order valence-electron chi connectivity index (χ2n) is 5.55. The van der Waals surface area contributed by atoms with Crippen LogP contribution in [0, 0.1) is 0 Å². The third kappa shape index (κ3) is 4.71. The molecule has 1 aliphatic rings. The van der Waals surface area contributed by atoms with Gasteiger partial charge in [0.05, 0.1) is 11.3 Å². The molecular formula is C13H27N3O3S. The summed E-state index contributed by atoms with van der Waals surface area (Å²) in [5.41, 5.74) is 5.39. The normalized spacial score (nSPS) is 19.0. The molecule has 0 atom stereocenters. The lowest BCUT2D eigenvalue weighted by molar-refractivity contribution is -0.127. The molecule has 1 rings (SSSR count). The minimum absolute atomic E-state index is 0.0989. The predicted molar refractivity (Wildman–Crippen MR) is 79.7 cm³/mol. The van der Waals surface area contributed by atoms with E-state index >= 15 is 0 Å². The highest BCUT2D eigenvalue weighted by atomic mass is 32.2. The Morgan fingerprint density at radius 1 is 1.30 bits per heavy atom. The van der Waals surface area contributed by atoms with Crippen molar-refractivity contribution in [3.63, 3.8) is 0 Å². The lowest BCUT2D eigenvalue weighted by atomic mass is 9.82. The van der Waals surface area contributed by atoms with Crippen LogP contribution in [0.25, 0.3) is 0 Å². The molecule has 0 heterocycles. The van der Waals surface area contributed by atoms with Crippen LogP contribution in [-0.4, -0.2) is 50.1 Å². The number of nitrogens with one attached hydrogen (secondary N) is 1. The fourth-order valence-electron chi connectivity index (χ4n) is 2.45. The zero-order valence-corrected chi connectivity index (χ0v) is 13.3. The standard InChI is InChI=1S/C13H27N3O3S/c1-3-20(18,19)16(2)11-7-10-15-12(17)13(14)8-5-4-6-9-13/h3-11,14H2,1-2H3,(H,15,17). The monoisotopic (exact) mass is 305 g/mol. The average molecular weight is 305 g/mol. The van der Waals surface area contributed by atoms with Crippen molar-refractivity contribution in [2.45, 2.75) is 51.0 Å². The number of amides is 1. The lowest BCUT2D eigenvalue weighted by Crippen LogP contribution is -2.55. The third-order valence-corrected chi connectivity index (χ3v) is 5.83. The maximum Gasteiger partial charge on any atom is 0.240 e. The van der Waals surface area contributed by atoms with Crippen molar-refractivity contribution in [2.24, 2.45) is 5.73 Å². The number of rotatable bonds is 7. The molecule has 1 aliphatic carbocycles. The molecule has 1 fully saturated rings. The third-order valence-electron chi connectivity index (χ3n) is 3.97. The highest BCUT2D eigenvalue weighted by molar-refractivity contribution is 7.89. The molecular weight excluding hydrogens is 278 g/mol. The Hall–Kier alpha value is -0.660. The molecule has 0 radical (unpaired) electrons. The second kappa shape index (κ2) is 7.38. The van der Waals surface area contributed by atoms with Crippen molar-refractivity contribution in [2.75, 3.05) is 25.9 Å². The van der Waals surface area contributed by atoms with Crippen LogP contribution < -0.4 is 11.1 Å². The van der Waals surface area contributed by atoms with Crippen LogP contribution in [0.5, 0.6) is 0 Å². The van der Waals surface area contributed by atoms with E-state index in [4.69, 9.17) is 5.73 Å². The largest absolute Gasteiger partial charge is 0.354 e. The van der Waals surface area contributed by atoms with E-state index in [1.54, 1.807) is 14.0 Å². The van der Waals surface area contributed by atoms with Crippen LogP contribution in [0.3, 0.4) is 0 Å². The zero-order chi connectivity index (χ0) is 15.2. The lowest BCUT2D eigenvalue weighted by Gasteiger charge is -2.31. The molecule has 0 aromatic heterocycles. The van der Waals surface area contributed by atoms with Gasteiger partial charge < -0.3 is 11.1 Å². The fraction of sp³-hybridized carbons (Fsp3) is 0.923. The van der Waals surface area contributed by atoms with Crippen LogP contribution in [0.1, 0.15) is 45.4 Å². The average Bonchev–Trinajstić information content (AvgIpc) is 2.43. The molecule has 1 amide bonds. The predicted octanol–water partition coefficient (Wildman–Crippen LogP) is 0.436. The topological polar surface area (TPSA) is 92.5 Å². The summed E-state index contributed by atoms with van der Waals surface area (Å²) in [5.74, 6) is 0.0000911. The maximum atomic E-state index is 12.0. The van der Waals surface area contributed by atoms with E-state index in [1.165, 1.54) is 4.31 Å². The fourth-order valence-corrected chi connectivity index (χ4v) is 3.30. The van der Waals surface area contributed by atoms with Gasteiger partial charge in [0.2, 0.25) is 15.9 Å². The second-order valence-corrected chi connectivity index (χ2v) is 7.91. The van der Waals surface area contributed by atoms with Crippen LogP contribution in [-0.2, 0) is 14.8 Å². The molecule has 0 saturated heterocycles. The van der Waals surface area contributed by atoms with Crippen molar-refractivity contribution < 1.29 is 13.2 Å². The van der Waals surface area contributed by atoms with Crippen molar-refractivity contribution in [3.05, 3.63) is 0 Å². The molecule has 0 bridgehead atoms. The molecule has 0 aromatic carbocycles. The first-order valence-corrected chi connectivity index (χ1v) is 8.94. The van der Waals surface area contributed by atoms with Crippen LogP contribution in [0.2, 0.25) is 0 Å². The van der Waals surface area contributed by atoms with E-state index in [2.05, 4.69) is 5.32 Å². The van der Waals surface area contributed by atoms with Crippen LogP contribution in [0.15, 0.2) is 0 Å². The molecule has 0 aromatic rings. The maximum absolute atomic E-state index is 12.0. The van der Waals surface area contributed by atoms with Gasteiger partial charge in [-0.25, -0.2) is 12.7 Å². The van der Waals surface area contributed by atoms with Gasteiger partial charge in [-0.05, 0) is 26.2 Å². The summed E-state index contributed by atoms with van der Waals surface area (Å²) >= 11 is 0. The van der Waals surface area contributed by atoms with Crippen molar-refractivity contribution in [1.82, 2.24) is 9.62 Å². The summed E-state index contributed by atoms with van der Waals surface area (Å²) < 4.78 is 24.4. The quantitative estimate of drug-likeness (QED) is 0.667. The minimum atomic E-state index is -3.14. The van der Waals surface area contributed by atoms with Crippen LogP contribution >= 0.6 is 0 Å². The smallest absolute Gasteiger partial charge is 0.240 e. The summed E-state index contributed by atoms with van der Waals surface area (Å²) in [6.45, 7) is 2.49. The van der Waals surface area contributed by atoms with E-state index in [-0.39, 0.29) is 11.7 Å². The molecule has 20 heavy (non-hydrogen) atoms. The Morgan fingerprint density at radius 3 is 2.45 bits per heavy atom. The van der Waals surface area contributed by atoms with Crippen molar-refractivity contribution >= 4 is 15.9 Å². The number of carbonyl (C=O) groups excluding carboxylic acids is 1.